The molecule has 8 heteroatoms. The van der Waals surface area contributed by atoms with Crippen molar-refractivity contribution in [1.82, 2.24) is 9.80 Å². The van der Waals surface area contributed by atoms with Gasteiger partial charge in [0, 0.05) is 37.7 Å². The van der Waals surface area contributed by atoms with Gasteiger partial charge in [-0.25, -0.2) is 4.90 Å². The van der Waals surface area contributed by atoms with Crippen LogP contribution >= 0.6 is 11.6 Å². The SMILES string of the molecule is COc1ccc(Cl)cc1N1C(=O)C(c2ccccc2)=C(N2CCN(CCO)CC2)C1=O. The molecule has 0 aromatic heterocycles. The summed E-state index contributed by atoms with van der Waals surface area (Å²) < 4.78 is 5.40. The molecule has 2 aliphatic rings. The Bertz CT molecular complexity index is 1020. The number of nitrogens with zero attached hydrogens (tertiary/aromatic N) is 3. The monoisotopic (exact) mass is 441 g/mol. The van der Waals surface area contributed by atoms with Crippen LogP contribution in [-0.2, 0) is 9.59 Å². The van der Waals surface area contributed by atoms with Crippen molar-refractivity contribution in [3.8, 4) is 5.75 Å². The fourth-order valence-corrected chi connectivity index (χ4v) is 4.24. The molecular weight excluding hydrogens is 418 g/mol. The van der Waals surface area contributed by atoms with E-state index in [9.17, 15) is 14.7 Å². The maximum atomic E-state index is 13.6. The lowest BCUT2D eigenvalue weighted by Crippen LogP contribution is -2.48. The Morgan fingerprint density at radius 1 is 1.00 bits per heavy atom. The minimum Gasteiger partial charge on any atom is -0.495 e. The molecule has 0 aliphatic carbocycles. The van der Waals surface area contributed by atoms with Crippen molar-refractivity contribution >= 4 is 34.7 Å². The summed E-state index contributed by atoms with van der Waals surface area (Å²) >= 11 is 6.18. The van der Waals surface area contributed by atoms with Crippen LogP contribution in [0, 0.1) is 0 Å². The summed E-state index contributed by atoms with van der Waals surface area (Å²) in [5.74, 6) is -0.392. The first-order valence-corrected chi connectivity index (χ1v) is 10.5. The number of carbonyl (C=O) groups excluding carboxylic acids is 2. The van der Waals surface area contributed by atoms with Crippen LogP contribution in [-0.4, -0.2) is 73.2 Å². The number of piperazine rings is 1. The van der Waals surface area contributed by atoms with Gasteiger partial charge < -0.3 is 14.7 Å². The molecule has 4 rings (SSSR count). The Balaban J connectivity index is 1.76. The van der Waals surface area contributed by atoms with E-state index in [0.717, 1.165) is 4.90 Å². The summed E-state index contributed by atoms with van der Waals surface area (Å²) in [6, 6.07) is 14.1. The van der Waals surface area contributed by atoms with Crippen LogP contribution < -0.4 is 9.64 Å². The molecule has 0 spiro atoms. The molecule has 1 N–H and O–H groups in total. The Labute approximate surface area is 186 Å². The van der Waals surface area contributed by atoms with Crippen LogP contribution in [0.1, 0.15) is 5.56 Å². The van der Waals surface area contributed by atoms with Gasteiger partial charge in [0.2, 0.25) is 0 Å². The van der Waals surface area contributed by atoms with E-state index in [1.54, 1.807) is 18.2 Å². The molecule has 0 atom stereocenters. The third kappa shape index (κ3) is 4.04. The fraction of sp³-hybridized carbons (Fsp3) is 0.304. The minimum atomic E-state index is -0.399. The van der Waals surface area contributed by atoms with Gasteiger partial charge >= 0.3 is 0 Å². The van der Waals surface area contributed by atoms with E-state index in [-0.39, 0.29) is 12.5 Å². The van der Waals surface area contributed by atoms with Gasteiger partial charge in [-0.15, -0.1) is 0 Å². The first-order valence-electron chi connectivity index (χ1n) is 10.2. The van der Waals surface area contributed by atoms with E-state index in [2.05, 4.69) is 4.90 Å². The Morgan fingerprint density at radius 3 is 2.35 bits per heavy atom. The highest BCUT2D eigenvalue weighted by molar-refractivity contribution is 6.46. The molecule has 162 valence electrons. The first-order chi connectivity index (χ1) is 15.0. The minimum absolute atomic E-state index is 0.0950. The summed E-state index contributed by atoms with van der Waals surface area (Å²) in [5, 5.41) is 9.61. The second kappa shape index (κ2) is 9.09. The normalized spacial score (nSPS) is 17.6. The van der Waals surface area contributed by atoms with Crippen molar-refractivity contribution in [3.63, 3.8) is 0 Å². The van der Waals surface area contributed by atoms with Crippen LogP contribution in [0.2, 0.25) is 5.02 Å². The van der Waals surface area contributed by atoms with E-state index >= 15 is 0 Å². The highest BCUT2D eigenvalue weighted by Gasteiger charge is 2.44. The zero-order valence-electron chi connectivity index (χ0n) is 17.3. The summed E-state index contributed by atoms with van der Waals surface area (Å²) in [5.41, 5.74) is 1.79. The lowest BCUT2D eigenvalue weighted by Gasteiger charge is -2.36. The van der Waals surface area contributed by atoms with Gasteiger partial charge in [-0.3, -0.25) is 14.5 Å². The van der Waals surface area contributed by atoms with Gasteiger partial charge in [0.1, 0.15) is 11.4 Å². The van der Waals surface area contributed by atoms with Gasteiger partial charge in [0.05, 0.1) is 25.0 Å². The summed E-state index contributed by atoms with van der Waals surface area (Å²) in [6.07, 6.45) is 0. The standard InChI is InChI=1S/C23H24ClN3O4/c1-31-19-8-7-17(24)15-18(19)27-22(29)20(16-5-3-2-4-6-16)21(23(27)30)26-11-9-25(10-12-26)13-14-28/h2-8,15,28H,9-14H2,1H3. The van der Waals surface area contributed by atoms with Crippen LogP contribution in [0.15, 0.2) is 54.2 Å². The van der Waals surface area contributed by atoms with Crippen molar-refractivity contribution in [2.45, 2.75) is 0 Å². The van der Waals surface area contributed by atoms with Crippen LogP contribution in [0.4, 0.5) is 5.69 Å². The zero-order chi connectivity index (χ0) is 22.0. The molecule has 2 aromatic rings. The number of rotatable bonds is 6. The van der Waals surface area contributed by atoms with Crippen molar-refractivity contribution in [1.29, 1.82) is 0 Å². The molecule has 1 saturated heterocycles. The molecule has 0 unspecified atom stereocenters. The maximum Gasteiger partial charge on any atom is 0.282 e. The molecule has 0 bridgehead atoms. The molecule has 2 heterocycles. The third-order valence-corrected chi connectivity index (χ3v) is 5.84. The highest BCUT2D eigenvalue weighted by atomic mass is 35.5. The van der Waals surface area contributed by atoms with Gasteiger partial charge in [0.25, 0.3) is 11.8 Å². The average molecular weight is 442 g/mol. The number of hydrogen-bond acceptors (Lipinski definition) is 6. The molecule has 31 heavy (non-hydrogen) atoms. The van der Waals surface area contributed by atoms with Crippen molar-refractivity contribution < 1.29 is 19.4 Å². The number of carbonyl (C=O) groups is 2. The number of anilines is 1. The lowest BCUT2D eigenvalue weighted by atomic mass is 10.0. The number of ether oxygens (including phenoxy) is 1. The number of methoxy groups -OCH3 is 1. The highest BCUT2D eigenvalue weighted by Crippen LogP contribution is 2.39. The van der Waals surface area contributed by atoms with Gasteiger partial charge in [-0.2, -0.15) is 0 Å². The van der Waals surface area contributed by atoms with Gasteiger partial charge in [-0.1, -0.05) is 41.9 Å². The molecule has 7 nitrogen and oxygen atoms in total. The zero-order valence-corrected chi connectivity index (χ0v) is 18.0. The van der Waals surface area contributed by atoms with Crippen molar-refractivity contribution in [2.75, 3.05) is 51.3 Å². The predicted octanol–water partition coefficient (Wildman–Crippen LogP) is 2.24. The Hall–Kier alpha value is -2.87. The lowest BCUT2D eigenvalue weighted by molar-refractivity contribution is -0.120. The Kier molecular flexibility index (Phi) is 6.27. The number of aliphatic hydroxyl groups is 1. The molecule has 0 radical (unpaired) electrons. The third-order valence-electron chi connectivity index (χ3n) is 5.61. The Morgan fingerprint density at radius 2 is 1.71 bits per heavy atom. The molecule has 2 amide bonds. The van der Waals surface area contributed by atoms with Gasteiger partial charge in [-0.05, 0) is 23.8 Å². The molecule has 1 fully saturated rings. The van der Waals surface area contributed by atoms with Crippen molar-refractivity contribution in [2.24, 2.45) is 0 Å². The van der Waals surface area contributed by atoms with Crippen molar-refractivity contribution in [3.05, 3.63) is 64.8 Å². The predicted molar refractivity (Wildman–Crippen MR) is 119 cm³/mol. The summed E-state index contributed by atoms with van der Waals surface area (Å²) in [4.78, 5) is 32.5. The van der Waals surface area contributed by atoms with E-state index in [4.69, 9.17) is 16.3 Å². The number of aliphatic hydroxyl groups excluding tert-OH is 1. The summed E-state index contributed by atoms with van der Waals surface area (Å²) in [6.45, 7) is 3.27. The van der Waals surface area contributed by atoms with E-state index in [1.807, 2.05) is 35.2 Å². The quantitative estimate of drug-likeness (QED) is 0.693. The molecule has 2 aromatic carbocycles. The van der Waals surface area contributed by atoms with E-state index < -0.39 is 5.91 Å². The summed E-state index contributed by atoms with van der Waals surface area (Å²) in [7, 11) is 1.49. The second-order valence-corrected chi connectivity index (χ2v) is 7.84. The largest absolute Gasteiger partial charge is 0.495 e. The van der Waals surface area contributed by atoms with E-state index in [1.165, 1.54) is 7.11 Å². The number of β-amino-alcohol motifs (C(OH)–C–C–N with tert-alkyl or cyclic N) is 1. The van der Waals surface area contributed by atoms with Crippen LogP contribution in [0.3, 0.4) is 0 Å². The molecule has 2 aliphatic heterocycles. The second-order valence-electron chi connectivity index (χ2n) is 7.40. The topological polar surface area (TPSA) is 73.3 Å². The molecular formula is C23H24ClN3O4. The number of benzene rings is 2. The number of amides is 2. The maximum absolute atomic E-state index is 13.6. The van der Waals surface area contributed by atoms with Crippen LogP contribution in [0.25, 0.3) is 5.57 Å². The fourth-order valence-electron chi connectivity index (χ4n) is 4.07. The van der Waals surface area contributed by atoms with Gasteiger partial charge in [0.15, 0.2) is 0 Å². The average Bonchev–Trinajstić information content (AvgIpc) is 3.05. The number of hydrogen-bond donors (Lipinski definition) is 1. The molecule has 0 saturated carbocycles. The first kappa shape index (κ1) is 21.4. The number of halogens is 1. The van der Waals surface area contributed by atoms with E-state index in [0.29, 0.717) is 66.0 Å². The number of imide groups is 1. The smallest absolute Gasteiger partial charge is 0.282 e. The van der Waals surface area contributed by atoms with Crippen LogP contribution in [0.5, 0.6) is 5.75 Å².